The number of rotatable bonds is 1. The number of phenolic OH excluding ortho intramolecular Hbond substituents is 2. The van der Waals surface area contributed by atoms with Gasteiger partial charge in [-0.15, -0.1) is 0 Å². The Bertz CT molecular complexity index is 946. The van der Waals surface area contributed by atoms with E-state index in [0.717, 1.165) is 10.8 Å². The minimum atomic E-state index is -0.309. The largest absolute Gasteiger partial charge is 0.504 e. The maximum absolute atomic E-state index is 12.0. The van der Waals surface area contributed by atoms with Gasteiger partial charge in [-0.25, -0.2) is 0 Å². The number of anilines is 1. The number of ether oxygens (including phenoxy) is 1. The molecule has 0 unspecified atom stereocenters. The van der Waals surface area contributed by atoms with Gasteiger partial charge in [0.1, 0.15) is 5.75 Å². The van der Waals surface area contributed by atoms with Gasteiger partial charge in [-0.3, -0.25) is 4.79 Å². The SMILES string of the molecule is COc1cccc2c1cc1c3c(cc(O)c(O)c32)C(=O)N1. The van der Waals surface area contributed by atoms with Crippen molar-refractivity contribution in [2.45, 2.75) is 0 Å². The number of aromatic hydroxyl groups is 2. The monoisotopic (exact) mass is 281 g/mol. The predicted octanol–water partition coefficient (Wildman–Crippen LogP) is 2.98. The van der Waals surface area contributed by atoms with E-state index in [9.17, 15) is 15.0 Å². The lowest BCUT2D eigenvalue weighted by atomic mass is 9.97. The molecule has 0 aliphatic carbocycles. The lowest BCUT2D eigenvalue weighted by Crippen LogP contribution is -2.03. The summed E-state index contributed by atoms with van der Waals surface area (Å²) < 4.78 is 5.33. The van der Waals surface area contributed by atoms with Crippen molar-refractivity contribution in [2.75, 3.05) is 12.4 Å². The third kappa shape index (κ3) is 1.37. The van der Waals surface area contributed by atoms with Gasteiger partial charge in [-0.05, 0) is 23.6 Å². The lowest BCUT2D eigenvalue weighted by Gasteiger charge is -2.11. The number of amides is 1. The Kier molecular flexibility index (Phi) is 2.14. The van der Waals surface area contributed by atoms with Crippen LogP contribution in [0, 0.1) is 0 Å². The summed E-state index contributed by atoms with van der Waals surface area (Å²) in [7, 11) is 1.56. The van der Waals surface area contributed by atoms with Crippen LogP contribution in [-0.2, 0) is 0 Å². The minimum Gasteiger partial charge on any atom is -0.504 e. The van der Waals surface area contributed by atoms with Crippen LogP contribution in [0.15, 0.2) is 30.3 Å². The number of fused-ring (bicyclic) bond motifs is 2. The van der Waals surface area contributed by atoms with Crippen LogP contribution in [-0.4, -0.2) is 23.2 Å². The number of hydrogen-bond donors (Lipinski definition) is 3. The van der Waals surface area contributed by atoms with E-state index in [4.69, 9.17) is 4.74 Å². The van der Waals surface area contributed by atoms with E-state index in [2.05, 4.69) is 5.32 Å². The second kappa shape index (κ2) is 3.79. The minimum absolute atomic E-state index is 0.231. The van der Waals surface area contributed by atoms with Gasteiger partial charge in [-0.2, -0.15) is 0 Å². The Hall–Kier alpha value is -2.95. The molecule has 1 aliphatic heterocycles. The van der Waals surface area contributed by atoms with Gasteiger partial charge in [0, 0.05) is 16.2 Å². The van der Waals surface area contributed by atoms with Crippen LogP contribution in [0.2, 0.25) is 0 Å². The molecule has 104 valence electrons. The molecule has 1 aliphatic rings. The fourth-order valence-electron chi connectivity index (χ4n) is 2.97. The van der Waals surface area contributed by atoms with E-state index in [0.29, 0.717) is 27.8 Å². The summed E-state index contributed by atoms with van der Waals surface area (Å²) in [5, 5.41) is 25.5. The van der Waals surface area contributed by atoms with Crippen molar-refractivity contribution in [1.29, 1.82) is 0 Å². The summed E-state index contributed by atoms with van der Waals surface area (Å²) in [4.78, 5) is 12.0. The molecule has 3 aromatic carbocycles. The van der Waals surface area contributed by atoms with Crippen molar-refractivity contribution < 1.29 is 19.7 Å². The molecule has 0 aromatic heterocycles. The van der Waals surface area contributed by atoms with Crippen LogP contribution in [0.4, 0.5) is 5.69 Å². The number of carbonyl (C=O) groups is 1. The van der Waals surface area contributed by atoms with E-state index >= 15 is 0 Å². The second-order valence-corrected chi connectivity index (χ2v) is 4.98. The molecule has 0 saturated heterocycles. The van der Waals surface area contributed by atoms with E-state index < -0.39 is 0 Å². The highest BCUT2D eigenvalue weighted by atomic mass is 16.5. The summed E-state index contributed by atoms with van der Waals surface area (Å²) in [6, 6.07) is 8.54. The van der Waals surface area contributed by atoms with E-state index in [1.807, 2.05) is 12.1 Å². The molecular weight excluding hydrogens is 270 g/mol. The summed E-state index contributed by atoms with van der Waals surface area (Å²) in [5.41, 5.74) is 0.970. The summed E-state index contributed by atoms with van der Waals surface area (Å²) in [5.74, 6) is -0.197. The van der Waals surface area contributed by atoms with E-state index in [1.165, 1.54) is 6.07 Å². The summed E-state index contributed by atoms with van der Waals surface area (Å²) in [6.07, 6.45) is 0. The standard InChI is InChI=1S/C16H11NO4/c1-21-12-4-2-3-7-8(12)5-10-13-9(16(20)17-10)6-11(18)15(19)14(7)13/h2-6,18-19H,1H3,(H,17,20). The van der Waals surface area contributed by atoms with Gasteiger partial charge in [-0.1, -0.05) is 12.1 Å². The molecule has 1 heterocycles. The topological polar surface area (TPSA) is 78.8 Å². The molecule has 1 amide bonds. The van der Waals surface area contributed by atoms with Gasteiger partial charge in [0.25, 0.3) is 5.91 Å². The average molecular weight is 281 g/mol. The fraction of sp³-hybridized carbons (Fsp3) is 0.0625. The normalized spacial score (nSPS) is 12.9. The number of carbonyl (C=O) groups excluding carboxylic acids is 1. The van der Waals surface area contributed by atoms with Crippen LogP contribution in [0.5, 0.6) is 17.2 Å². The third-order valence-corrected chi connectivity index (χ3v) is 3.89. The molecule has 0 fully saturated rings. The van der Waals surface area contributed by atoms with Crippen molar-refractivity contribution in [3.05, 3.63) is 35.9 Å². The second-order valence-electron chi connectivity index (χ2n) is 4.98. The predicted molar refractivity (Wildman–Crippen MR) is 79.3 cm³/mol. The van der Waals surface area contributed by atoms with Gasteiger partial charge in [0.2, 0.25) is 0 Å². The number of nitrogens with one attached hydrogen (secondary N) is 1. The molecule has 0 bridgehead atoms. The van der Waals surface area contributed by atoms with Crippen molar-refractivity contribution in [3.63, 3.8) is 0 Å². The number of methoxy groups -OCH3 is 1. The molecule has 3 N–H and O–H groups in total. The van der Waals surface area contributed by atoms with Gasteiger partial charge in [0.05, 0.1) is 18.4 Å². The molecular formula is C16H11NO4. The van der Waals surface area contributed by atoms with Gasteiger partial charge >= 0.3 is 0 Å². The highest BCUT2D eigenvalue weighted by Crippen LogP contribution is 2.47. The van der Waals surface area contributed by atoms with Crippen molar-refractivity contribution in [2.24, 2.45) is 0 Å². The average Bonchev–Trinajstić information content (AvgIpc) is 2.79. The highest BCUT2D eigenvalue weighted by Gasteiger charge is 2.27. The maximum atomic E-state index is 12.0. The first kappa shape index (κ1) is 11.8. The van der Waals surface area contributed by atoms with Crippen LogP contribution in [0.1, 0.15) is 10.4 Å². The molecule has 4 rings (SSSR count). The third-order valence-electron chi connectivity index (χ3n) is 3.89. The van der Waals surface area contributed by atoms with Crippen LogP contribution in [0.3, 0.4) is 0 Å². The number of phenols is 2. The summed E-state index contributed by atoms with van der Waals surface area (Å²) >= 11 is 0. The molecule has 0 atom stereocenters. The Morgan fingerprint density at radius 3 is 2.67 bits per heavy atom. The Morgan fingerprint density at radius 2 is 1.90 bits per heavy atom. The number of hydrogen-bond acceptors (Lipinski definition) is 4. The highest BCUT2D eigenvalue weighted by molar-refractivity contribution is 6.30. The molecule has 21 heavy (non-hydrogen) atoms. The number of benzene rings is 3. The molecule has 3 aromatic rings. The Morgan fingerprint density at radius 1 is 1.10 bits per heavy atom. The van der Waals surface area contributed by atoms with Gasteiger partial charge < -0.3 is 20.3 Å². The first-order valence-electron chi connectivity index (χ1n) is 6.41. The molecule has 0 saturated carbocycles. The zero-order valence-corrected chi connectivity index (χ0v) is 11.1. The summed E-state index contributed by atoms with van der Waals surface area (Å²) in [6.45, 7) is 0. The van der Waals surface area contributed by atoms with Gasteiger partial charge in [0.15, 0.2) is 11.5 Å². The van der Waals surface area contributed by atoms with Crippen LogP contribution in [0.25, 0.3) is 21.5 Å². The smallest absolute Gasteiger partial charge is 0.256 e. The van der Waals surface area contributed by atoms with E-state index in [1.54, 1.807) is 19.2 Å². The molecule has 5 nitrogen and oxygen atoms in total. The first-order chi connectivity index (χ1) is 10.1. The maximum Gasteiger partial charge on any atom is 0.256 e. The fourth-order valence-corrected chi connectivity index (χ4v) is 2.97. The first-order valence-corrected chi connectivity index (χ1v) is 6.41. The molecule has 0 radical (unpaired) electrons. The molecule has 5 heteroatoms. The van der Waals surface area contributed by atoms with Crippen LogP contribution >= 0.6 is 0 Å². The van der Waals surface area contributed by atoms with Crippen LogP contribution < -0.4 is 10.1 Å². The lowest BCUT2D eigenvalue weighted by molar-refractivity contribution is 0.103. The molecule has 0 spiro atoms. The van der Waals surface area contributed by atoms with Crippen molar-refractivity contribution in [3.8, 4) is 17.2 Å². The Labute approximate surface area is 119 Å². The quantitative estimate of drug-likeness (QED) is 0.473. The Balaban J connectivity index is 2.33. The van der Waals surface area contributed by atoms with Crippen molar-refractivity contribution in [1.82, 2.24) is 0 Å². The van der Waals surface area contributed by atoms with Crippen molar-refractivity contribution >= 4 is 33.1 Å². The van der Waals surface area contributed by atoms with E-state index in [-0.39, 0.29) is 17.4 Å². The zero-order valence-electron chi connectivity index (χ0n) is 11.1. The zero-order chi connectivity index (χ0) is 14.7.